The number of hydrogen-bond donors (Lipinski definition) is 1. The molecule has 0 radical (unpaired) electrons. The zero-order valence-corrected chi connectivity index (χ0v) is 22.4. The first-order chi connectivity index (χ1) is 18.4. The molecule has 4 rings (SSSR count). The van der Waals surface area contributed by atoms with E-state index in [-0.39, 0.29) is 36.8 Å². The van der Waals surface area contributed by atoms with Crippen LogP contribution < -0.4 is 10.1 Å². The highest BCUT2D eigenvalue weighted by molar-refractivity contribution is 6.31. The summed E-state index contributed by atoms with van der Waals surface area (Å²) in [6.07, 6.45) is 5.58. The Bertz CT molecular complexity index is 1210. The summed E-state index contributed by atoms with van der Waals surface area (Å²) in [5, 5.41) is 3.82. The third-order valence-corrected chi connectivity index (χ3v) is 7.40. The second kappa shape index (κ2) is 13.4. The summed E-state index contributed by atoms with van der Waals surface area (Å²) in [5.41, 5.74) is 2.52. The molecule has 0 spiro atoms. The summed E-state index contributed by atoms with van der Waals surface area (Å²) < 4.78 is 19.4. The van der Waals surface area contributed by atoms with Gasteiger partial charge in [-0.05, 0) is 66.8 Å². The molecule has 1 aliphatic rings. The first-order valence-corrected chi connectivity index (χ1v) is 13.5. The Labute approximate surface area is 228 Å². The Balaban J connectivity index is 1.60. The molecule has 2 amide bonds. The molecule has 0 saturated heterocycles. The number of carbonyl (C=O) groups is 2. The molecule has 1 N–H and O–H groups in total. The summed E-state index contributed by atoms with van der Waals surface area (Å²) in [7, 11) is 0. The lowest BCUT2D eigenvalue weighted by Crippen LogP contribution is -2.53. The van der Waals surface area contributed by atoms with Crippen LogP contribution in [0.2, 0.25) is 5.02 Å². The molecular formula is C31H34ClFN2O3. The number of nitrogens with zero attached hydrogens (tertiary/aromatic N) is 1. The number of rotatable bonds is 10. The molecule has 0 unspecified atom stereocenters. The molecule has 0 heterocycles. The molecule has 1 saturated carbocycles. The quantitative estimate of drug-likeness (QED) is 0.333. The summed E-state index contributed by atoms with van der Waals surface area (Å²) in [4.78, 5) is 29.0. The van der Waals surface area contributed by atoms with Gasteiger partial charge in [-0.15, -0.1) is 0 Å². The van der Waals surface area contributed by atoms with Crippen molar-refractivity contribution in [1.82, 2.24) is 10.2 Å². The normalized spacial score (nSPS) is 14.5. The maximum Gasteiger partial charge on any atom is 0.261 e. The van der Waals surface area contributed by atoms with Crippen molar-refractivity contribution in [2.24, 2.45) is 0 Å². The van der Waals surface area contributed by atoms with Crippen molar-refractivity contribution in [3.63, 3.8) is 0 Å². The van der Waals surface area contributed by atoms with E-state index in [1.807, 2.05) is 37.3 Å². The molecule has 5 nitrogen and oxygen atoms in total. The fourth-order valence-electron chi connectivity index (χ4n) is 4.82. The van der Waals surface area contributed by atoms with Gasteiger partial charge in [-0.25, -0.2) is 4.39 Å². The van der Waals surface area contributed by atoms with E-state index in [1.165, 1.54) is 18.6 Å². The van der Waals surface area contributed by atoms with E-state index < -0.39 is 6.04 Å². The predicted molar refractivity (Wildman–Crippen MR) is 148 cm³/mol. The van der Waals surface area contributed by atoms with Crippen LogP contribution in [0.4, 0.5) is 4.39 Å². The average Bonchev–Trinajstić information content (AvgIpc) is 2.93. The summed E-state index contributed by atoms with van der Waals surface area (Å²) >= 11 is 6.13. The van der Waals surface area contributed by atoms with Crippen LogP contribution in [0.3, 0.4) is 0 Å². The molecule has 0 bridgehead atoms. The van der Waals surface area contributed by atoms with E-state index in [1.54, 1.807) is 35.2 Å². The molecule has 38 heavy (non-hydrogen) atoms. The van der Waals surface area contributed by atoms with Crippen LogP contribution in [0.15, 0.2) is 72.8 Å². The molecule has 200 valence electrons. The summed E-state index contributed by atoms with van der Waals surface area (Å²) in [6.45, 7) is 1.77. The number of amides is 2. The monoisotopic (exact) mass is 536 g/mol. The van der Waals surface area contributed by atoms with Gasteiger partial charge in [0.15, 0.2) is 6.61 Å². The summed E-state index contributed by atoms with van der Waals surface area (Å²) in [5.74, 6) is -0.350. The van der Waals surface area contributed by atoms with E-state index in [4.69, 9.17) is 16.3 Å². The zero-order chi connectivity index (χ0) is 26.9. The molecule has 1 atom stereocenters. The molecule has 3 aromatic rings. The Morgan fingerprint density at radius 2 is 1.71 bits per heavy atom. The van der Waals surface area contributed by atoms with E-state index in [0.717, 1.165) is 42.4 Å². The zero-order valence-electron chi connectivity index (χ0n) is 21.7. The number of ether oxygens (including phenoxy) is 1. The summed E-state index contributed by atoms with van der Waals surface area (Å²) in [6, 6.07) is 20.2. The number of carbonyl (C=O) groups excluding carboxylic acids is 2. The lowest BCUT2D eigenvalue weighted by atomic mass is 9.94. The van der Waals surface area contributed by atoms with E-state index in [2.05, 4.69) is 5.32 Å². The predicted octanol–water partition coefficient (Wildman–Crippen LogP) is 6.26. The third kappa shape index (κ3) is 7.81. The van der Waals surface area contributed by atoms with Crippen LogP contribution in [0.1, 0.15) is 48.8 Å². The van der Waals surface area contributed by atoms with Gasteiger partial charge < -0.3 is 15.0 Å². The van der Waals surface area contributed by atoms with Crippen molar-refractivity contribution in [2.75, 3.05) is 6.61 Å². The second-order valence-electron chi connectivity index (χ2n) is 9.90. The molecular weight excluding hydrogens is 503 g/mol. The van der Waals surface area contributed by atoms with Gasteiger partial charge in [-0.1, -0.05) is 73.3 Å². The van der Waals surface area contributed by atoms with Crippen molar-refractivity contribution in [1.29, 1.82) is 0 Å². The Hall–Kier alpha value is -3.38. The van der Waals surface area contributed by atoms with Crippen molar-refractivity contribution in [2.45, 2.75) is 64.1 Å². The van der Waals surface area contributed by atoms with Crippen LogP contribution in [-0.2, 0) is 22.6 Å². The van der Waals surface area contributed by atoms with E-state index in [0.29, 0.717) is 17.2 Å². The molecule has 0 aliphatic heterocycles. The van der Waals surface area contributed by atoms with Gasteiger partial charge in [0, 0.05) is 24.0 Å². The first kappa shape index (κ1) is 27.6. The maximum atomic E-state index is 13.7. The fraction of sp³-hybridized carbons (Fsp3) is 0.355. The minimum atomic E-state index is -0.757. The fourth-order valence-corrected chi connectivity index (χ4v) is 4.94. The number of halogens is 2. The smallest absolute Gasteiger partial charge is 0.261 e. The van der Waals surface area contributed by atoms with Gasteiger partial charge in [0.1, 0.15) is 17.6 Å². The Morgan fingerprint density at radius 3 is 2.39 bits per heavy atom. The molecule has 7 heteroatoms. The van der Waals surface area contributed by atoms with Gasteiger partial charge in [0.05, 0.1) is 0 Å². The number of aryl methyl sites for hydroxylation is 1. The minimum Gasteiger partial charge on any atom is -0.484 e. The Kier molecular flexibility index (Phi) is 9.77. The lowest BCUT2D eigenvalue weighted by Gasteiger charge is -2.33. The van der Waals surface area contributed by atoms with Gasteiger partial charge in [0.2, 0.25) is 5.91 Å². The first-order valence-electron chi connectivity index (χ1n) is 13.2. The van der Waals surface area contributed by atoms with Crippen molar-refractivity contribution >= 4 is 23.4 Å². The van der Waals surface area contributed by atoms with Crippen LogP contribution in [0.5, 0.6) is 5.75 Å². The topological polar surface area (TPSA) is 58.6 Å². The van der Waals surface area contributed by atoms with Gasteiger partial charge in [-0.3, -0.25) is 9.59 Å². The highest BCUT2D eigenvalue weighted by atomic mass is 35.5. The lowest BCUT2D eigenvalue weighted by molar-refractivity contribution is -0.143. The molecule has 0 aromatic heterocycles. The van der Waals surface area contributed by atoms with Crippen LogP contribution >= 0.6 is 11.6 Å². The average molecular weight is 537 g/mol. The molecule has 1 fully saturated rings. The molecule has 1 aliphatic carbocycles. The van der Waals surface area contributed by atoms with E-state index in [9.17, 15) is 14.0 Å². The largest absolute Gasteiger partial charge is 0.484 e. The van der Waals surface area contributed by atoms with Crippen molar-refractivity contribution in [3.05, 3.63) is 100 Å². The van der Waals surface area contributed by atoms with Crippen LogP contribution in [0, 0.1) is 12.7 Å². The van der Waals surface area contributed by atoms with Crippen molar-refractivity contribution < 1.29 is 18.7 Å². The number of hydrogen-bond acceptors (Lipinski definition) is 3. The standard InChI is InChI=1S/C31H34ClFN2O3/c1-22-18-27(16-17-28(22)32)38-21-30(36)35(20-24-12-14-25(33)15-13-24)29(19-23-8-4-2-5-9-23)31(37)34-26-10-6-3-7-11-26/h2,4-5,8-9,12-18,26,29H,3,6-7,10-11,19-21H2,1H3,(H,34,37)/t29-/m0/s1. The third-order valence-electron chi connectivity index (χ3n) is 6.98. The minimum absolute atomic E-state index is 0.102. The van der Waals surface area contributed by atoms with E-state index >= 15 is 0 Å². The Morgan fingerprint density at radius 1 is 1.00 bits per heavy atom. The highest BCUT2D eigenvalue weighted by Crippen LogP contribution is 2.22. The maximum absolute atomic E-state index is 13.7. The van der Waals surface area contributed by atoms with Crippen LogP contribution in [0.25, 0.3) is 0 Å². The van der Waals surface area contributed by atoms with Crippen molar-refractivity contribution in [3.8, 4) is 5.75 Å². The second-order valence-corrected chi connectivity index (χ2v) is 10.3. The highest BCUT2D eigenvalue weighted by Gasteiger charge is 2.32. The molecule has 3 aromatic carbocycles. The number of benzene rings is 3. The van der Waals surface area contributed by atoms with Crippen LogP contribution in [-0.4, -0.2) is 35.4 Å². The SMILES string of the molecule is Cc1cc(OCC(=O)N(Cc2ccc(F)cc2)[C@@H](Cc2ccccc2)C(=O)NC2CCCCC2)ccc1Cl. The number of nitrogens with one attached hydrogen (secondary N) is 1. The van der Waals surface area contributed by atoms with Gasteiger partial charge in [0.25, 0.3) is 5.91 Å². The van der Waals surface area contributed by atoms with Gasteiger partial charge >= 0.3 is 0 Å². The van der Waals surface area contributed by atoms with Gasteiger partial charge in [-0.2, -0.15) is 0 Å².